The Morgan fingerprint density at radius 2 is 2.04 bits per heavy atom. The van der Waals surface area contributed by atoms with Crippen LogP contribution in [0.3, 0.4) is 0 Å². The predicted molar refractivity (Wildman–Crippen MR) is 110 cm³/mol. The van der Waals surface area contributed by atoms with Crippen LogP contribution in [0.15, 0.2) is 23.7 Å². The van der Waals surface area contributed by atoms with Crippen LogP contribution >= 0.6 is 11.3 Å². The molecule has 0 unspecified atom stereocenters. The molecule has 0 N–H and O–H groups in total. The predicted octanol–water partition coefficient (Wildman–Crippen LogP) is 4.33. The first-order valence-corrected chi connectivity index (χ1v) is 10.4. The van der Waals surface area contributed by atoms with Gasteiger partial charge in [0.2, 0.25) is 0 Å². The molecule has 0 saturated heterocycles. The Labute approximate surface area is 165 Å². The lowest BCUT2D eigenvalue weighted by atomic mass is 10.0. The fourth-order valence-corrected chi connectivity index (χ4v) is 4.48. The SMILES string of the molecule is Cc1nn(C(C)(C)C)c(C)c1CN1CCc2nc(-c3cccs3)ncc2C1. The van der Waals surface area contributed by atoms with Crippen LogP contribution in [0.4, 0.5) is 0 Å². The van der Waals surface area contributed by atoms with Gasteiger partial charge in [-0.15, -0.1) is 11.3 Å². The summed E-state index contributed by atoms with van der Waals surface area (Å²) in [7, 11) is 0. The Morgan fingerprint density at radius 3 is 2.70 bits per heavy atom. The summed E-state index contributed by atoms with van der Waals surface area (Å²) in [4.78, 5) is 13.1. The van der Waals surface area contributed by atoms with Crippen LogP contribution in [-0.2, 0) is 25.0 Å². The van der Waals surface area contributed by atoms with E-state index in [1.165, 1.54) is 22.5 Å². The Bertz CT molecular complexity index is 950. The molecule has 3 aromatic rings. The van der Waals surface area contributed by atoms with Gasteiger partial charge >= 0.3 is 0 Å². The van der Waals surface area contributed by atoms with E-state index < -0.39 is 0 Å². The summed E-state index contributed by atoms with van der Waals surface area (Å²) in [6, 6.07) is 4.13. The van der Waals surface area contributed by atoms with Crippen LogP contribution in [0.1, 0.15) is 49.0 Å². The fraction of sp³-hybridized carbons (Fsp3) is 0.476. The van der Waals surface area contributed by atoms with Crippen molar-refractivity contribution < 1.29 is 0 Å². The summed E-state index contributed by atoms with van der Waals surface area (Å²) in [6.07, 6.45) is 2.99. The number of rotatable bonds is 3. The minimum Gasteiger partial charge on any atom is -0.294 e. The molecule has 3 aromatic heterocycles. The molecule has 27 heavy (non-hydrogen) atoms. The van der Waals surface area contributed by atoms with Crippen LogP contribution < -0.4 is 0 Å². The number of hydrogen-bond donors (Lipinski definition) is 0. The van der Waals surface area contributed by atoms with Gasteiger partial charge in [-0.05, 0) is 46.1 Å². The number of nitrogens with zero attached hydrogens (tertiary/aromatic N) is 5. The molecule has 1 aliphatic heterocycles. The molecular formula is C21H27N5S. The minimum absolute atomic E-state index is 0.00756. The Balaban J connectivity index is 1.53. The molecule has 0 saturated carbocycles. The van der Waals surface area contributed by atoms with Crippen LogP contribution in [0.5, 0.6) is 0 Å². The first-order valence-electron chi connectivity index (χ1n) is 9.49. The van der Waals surface area contributed by atoms with Crippen molar-refractivity contribution in [3.8, 4) is 10.7 Å². The second-order valence-corrected chi connectivity index (χ2v) is 9.28. The highest BCUT2D eigenvalue weighted by Crippen LogP contribution is 2.27. The third-order valence-electron chi connectivity index (χ3n) is 5.21. The number of fused-ring (bicyclic) bond motifs is 1. The smallest absolute Gasteiger partial charge is 0.169 e. The maximum atomic E-state index is 4.82. The standard InChI is InChI=1S/C21H27N5S/c1-14-17(15(2)26(24-14)21(3,4)5)13-25-9-8-18-16(12-25)11-22-20(23-18)19-7-6-10-27-19/h6-7,10-11H,8-9,12-13H2,1-5H3. The normalized spacial score (nSPS) is 15.1. The molecule has 0 aromatic carbocycles. The number of aromatic nitrogens is 4. The third-order valence-corrected chi connectivity index (χ3v) is 6.08. The summed E-state index contributed by atoms with van der Waals surface area (Å²) in [5, 5.41) is 6.87. The minimum atomic E-state index is 0.00756. The highest BCUT2D eigenvalue weighted by molar-refractivity contribution is 7.13. The van der Waals surface area contributed by atoms with E-state index in [0.29, 0.717) is 0 Å². The van der Waals surface area contributed by atoms with Crippen molar-refractivity contribution in [2.24, 2.45) is 0 Å². The molecule has 0 spiro atoms. The molecule has 0 aliphatic carbocycles. The summed E-state index contributed by atoms with van der Waals surface area (Å²) in [5.41, 5.74) is 6.22. The second-order valence-electron chi connectivity index (χ2n) is 8.34. The van der Waals surface area contributed by atoms with Crippen molar-refractivity contribution >= 4 is 11.3 Å². The van der Waals surface area contributed by atoms with Gasteiger partial charge < -0.3 is 0 Å². The molecule has 6 heteroatoms. The lowest BCUT2D eigenvalue weighted by molar-refractivity contribution is 0.241. The number of hydrogen-bond acceptors (Lipinski definition) is 5. The highest BCUT2D eigenvalue weighted by atomic mass is 32.1. The van der Waals surface area contributed by atoms with Crippen molar-refractivity contribution in [1.82, 2.24) is 24.6 Å². The second kappa shape index (κ2) is 6.84. The van der Waals surface area contributed by atoms with Gasteiger partial charge in [0, 0.05) is 49.1 Å². The van der Waals surface area contributed by atoms with E-state index in [0.717, 1.165) is 42.5 Å². The zero-order chi connectivity index (χ0) is 19.2. The molecule has 5 nitrogen and oxygen atoms in total. The molecule has 0 fully saturated rings. The van der Waals surface area contributed by atoms with Gasteiger partial charge in [0.15, 0.2) is 5.82 Å². The quantitative estimate of drug-likeness (QED) is 0.677. The number of thiophene rings is 1. The maximum absolute atomic E-state index is 4.82. The topological polar surface area (TPSA) is 46.8 Å². The molecule has 4 rings (SSSR count). The summed E-state index contributed by atoms with van der Waals surface area (Å²) < 4.78 is 2.16. The van der Waals surface area contributed by atoms with E-state index in [2.05, 4.69) is 60.6 Å². The van der Waals surface area contributed by atoms with Crippen LogP contribution in [0, 0.1) is 13.8 Å². The lowest BCUT2D eigenvalue weighted by Gasteiger charge is -2.28. The highest BCUT2D eigenvalue weighted by Gasteiger charge is 2.24. The average Bonchev–Trinajstić information content (AvgIpc) is 3.25. The van der Waals surface area contributed by atoms with Gasteiger partial charge in [-0.25, -0.2) is 9.97 Å². The maximum Gasteiger partial charge on any atom is 0.169 e. The molecule has 0 amide bonds. The van der Waals surface area contributed by atoms with Gasteiger partial charge in [0.05, 0.1) is 21.8 Å². The van der Waals surface area contributed by atoms with E-state index in [1.807, 2.05) is 12.3 Å². The van der Waals surface area contributed by atoms with Gasteiger partial charge in [0.25, 0.3) is 0 Å². The first kappa shape index (κ1) is 18.3. The molecule has 1 aliphatic rings. The molecule has 0 radical (unpaired) electrons. The molecule has 0 atom stereocenters. The summed E-state index contributed by atoms with van der Waals surface area (Å²) in [5.74, 6) is 0.857. The van der Waals surface area contributed by atoms with Gasteiger partial charge in [-0.1, -0.05) is 6.07 Å². The molecule has 4 heterocycles. The molecule has 142 valence electrons. The third kappa shape index (κ3) is 3.56. The first-order chi connectivity index (χ1) is 12.8. The van der Waals surface area contributed by atoms with Crippen molar-refractivity contribution in [1.29, 1.82) is 0 Å². The lowest BCUT2D eigenvalue weighted by Crippen LogP contribution is -2.31. The van der Waals surface area contributed by atoms with E-state index in [9.17, 15) is 0 Å². The van der Waals surface area contributed by atoms with Gasteiger partial charge in [-0.3, -0.25) is 9.58 Å². The van der Waals surface area contributed by atoms with Crippen molar-refractivity contribution in [3.63, 3.8) is 0 Å². The largest absolute Gasteiger partial charge is 0.294 e. The van der Waals surface area contributed by atoms with Crippen LogP contribution in [-0.4, -0.2) is 31.2 Å². The summed E-state index contributed by atoms with van der Waals surface area (Å²) >= 11 is 1.69. The summed E-state index contributed by atoms with van der Waals surface area (Å²) in [6.45, 7) is 13.8. The molecular weight excluding hydrogens is 354 g/mol. The van der Waals surface area contributed by atoms with Crippen molar-refractivity contribution in [3.05, 3.63) is 51.9 Å². The zero-order valence-corrected chi connectivity index (χ0v) is 17.6. The van der Waals surface area contributed by atoms with Crippen LogP contribution in [0.2, 0.25) is 0 Å². The van der Waals surface area contributed by atoms with E-state index in [1.54, 1.807) is 11.3 Å². The molecule has 0 bridgehead atoms. The van der Waals surface area contributed by atoms with E-state index in [4.69, 9.17) is 10.1 Å². The van der Waals surface area contributed by atoms with Crippen molar-refractivity contribution in [2.75, 3.05) is 6.54 Å². The zero-order valence-electron chi connectivity index (χ0n) is 16.8. The van der Waals surface area contributed by atoms with Crippen molar-refractivity contribution in [2.45, 2.75) is 59.7 Å². The van der Waals surface area contributed by atoms with E-state index >= 15 is 0 Å². The Morgan fingerprint density at radius 1 is 1.22 bits per heavy atom. The Hall–Kier alpha value is -2.05. The van der Waals surface area contributed by atoms with Gasteiger partial charge in [0.1, 0.15) is 0 Å². The van der Waals surface area contributed by atoms with Crippen LogP contribution in [0.25, 0.3) is 10.7 Å². The monoisotopic (exact) mass is 381 g/mol. The van der Waals surface area contributed by atoms with Gasteiger partial charge in [-0.2, -0.15) is 5.10 Å². The Kier molecular flexibility index (Phi) is 4.64. The fourth-order valence-electron chi connectivity index (χ4n) is 3.81. The van der Waals surface area contributed by atoms with E-state index in [-0.39, 0.29) is 5.54 Å². The number of aryl methyl sites for hydroxylation is 1. The average molecular weight is 382 g/mol.